The Hall–Kier alpha value is -2.23. The number of sulfonamides is 1. The van der Waals surface area contributed by atoms with Gasteiger partial charge in [-0.2, -0.15) is 0 Å². The van der Waals surface area contributed by atoms with Crippen molar-refractivity contribution in [1.82, 2.24) is 13.7 Å². The van der Waals surface area contributed by atoms with Gasteiger partial charge in [0.15, 0.2) is 4.96 Å². The summed E-state index contributed by atoms with van der Waals surface area (Å²) in [4.78, 5) is 18.1. The molecule has 9 heteroatoms. The summed E-state index contributed by atoms with van der Waals surface area (Å²) in [5.41, 5.74) is 2.52. The van der Waals surface area contributed by atoms with E-state index in [0.717, 1.165) is 21.9 Å². The average Bonchev–Trinajstić information content (AvgIpc) is 3.23. The molecular weight excluding hydrogens is 384 g/mol. The van der Waals surface area contributed by atoms with Crippen LogP contribution in [0.4, 0.5) is 5.69 Å². The first-order valence-electron chi connectivity index (χ1n) is 8.69. The minimum absolute atomic E-state index is 0.0638. The normalized spacial score (nSPS) is 16.6. The smallest absolute Gasteiger partial charge is 0.227 e. The van der Waals surface area contributed by atoms with Crippen molar-refractivity contribution in [2.75, 3.05) is 24.7 Å². The molecule has 0 radical (unpaired) electrons. The third-order valence-corrected chi connectivity index (χ3v) is 6.89. The van der Waals surface area contributed by atoms with E-state index in [1.165, 1.54) is 10.6 Å². The maximum Gasteiger partial charge on any atom is 0.227 e. The minimum atomic E-state index is -3.18. The first kappa shape index (κ1) is 18.1. The van der Waals surface area contributed by atoms with Crippen LogP contribution in [-0.4, -0.2) is 47.4 Å². The Labute approximate surface area is 161 Å². The van der Waals surface area contributed by atoms with Gasteiger partial charge in [0.05, 0.1) is 11.9 Å². The quantitative estimate of drug-likeness (QED) is 0.725. The molecule has 0 atom stereocenters. The molecule has 27 heavy (non-hydrogen) atoms. The highest BCUT2D eigenvalue weighted by atomic mass is 32.2. The number of carbonyl (C=O) groups excluding carboxylic acids is 1. The summed E-state index contributed by atoms with van der Waals surface area (Å²) in [7, 11) is -3.18. The van der Waals surface area contributed by atoms with E-state index in [9.17, 15) is 13.2 Å². The molecule has 4 rings (SSSR count). The molecule has 0 bridgehead atoms. The minimum Gasteiger partial charge on any atom is -0.326 e. The summed E-state index contributed by atoms with van der Waals surface area (Å²) >= 11 is 1.57. The van der Waals surface area contributed by atoms with E-state index in [4.69, 9.17) is 0 Å². The Balaban J connectivity index is 1.44. The fourth-order valence-corrected chi connectivity index (χ4v) is 4.89. The lowest BCUT2D eigenvalue weighted by Gasteiger charge is -2.29. The Kier molecular flexibility index (Phi) is 4.75. The molecule has 1 N–H and O–H groups in total. The van der Waals surface area contributed by atoms with Crippen LogP contribution in [0, 0.1) is 5.92 Å². The van der Waals surface area contributed by atoms with E-state index in [1.807, 2.05) is 46.4 Å². The highest BCUT2D eigenvalue weighted by Gasteiger charge is 2.28. The Morgan fingerprint density at radius 2 is 2.07 bits per heavy atom. The monoisotopic (exact) mass is 404 g/mol. The topological polar surface area (TPSA) is 83.8 Å². The van der Waals surface area contributed by atoms with Crippen LogP contribution in [0.25, 0.3) is 16.2 Å². The number of fused-ring (bicyclic) bond motifs is 1. The van der Waals surface area contributed by atoms with Gasteiger partial charge in [0.25, 0.3) is 0 Å². The van der Waals surface area contributed by atoms with Crippen molar-refractivity contribution >= 4 is 37.9 Å². The molecule has 1 aliphatic rings. The second kappa shape index (κ2) is 7.06. The molecule has 7 nitrogen and oxygen atoms in total. The lowest BCUT2D eigenvalue weighted by atomic mass is 9.97. The van der Waals surface area contributed by atoms with E-state index >= 15 is 0 Å². The van der Waals surface area contributed by atoms with Crippen molar-refractivity contribution in [2.45, 2.75) is 12.8 Å². The number of aromatic nitrogens is 2. The van der Waals surface area contributed by atoms with Crippen LogP contribution in [0.5, 0.6) is 0 Å². The fraction of sp³-hybridized carbons (Fsp3) is 0.333. The predicted octanol–water partition coefficient (Wildman–Crippen LogP) is 2.67. The van der Waals surface area contributed by atoms with Gasteiger partial charge in [0, 0.05) is 48.0 Å². The van der Waals surface area contributed by atoms with E-state index in [2.05, 4.69) is 10.3 Å². The van der Waals surface area contributed by atoms with Crippen LogP contribution in [0.2, 0.25) is 0 Å². The lowest BCUT2D eigenvalue weighted by Crippen LogP contribution is -2.40. The molecule has 1 amide bonds. The van der Waals surface area contributed by atoms with Crippen LogP contribution in [-0.2, 0) is 14.8 Å². The molecule has 142 valence electrons. The third kappa shape index (κ3) is 3.90. The summed E-state index contributed by atoms with van der Waals surface area (Å²) in [6.45, 7) is 0.782. The van der Waals surface area contributed by atoms with Crippen LogP contribution < -0.4 is 5.32 Å². The van der Waals surface area contributed by atoms with Crippen molar-refractivity contribution in [3.05, 3.63) is 42.0 Å². The van der Waals surface area contributed by atoms with Gasteiger partial charge in [-0.15, -0.1) is 11.3 Å². The van der Waals surface area contributed by atoms with Crippen molar-refractivity contribution in [3.63, 3.8) is 0 Å². The maximum absolute atomic E-state index is 12.6. The van der Waals surface area contributed by atoms with Crippen LogP contribution in [0.15, 0.2) is 42.0 Å². The maximum atomic E-state index is 12.6. The number of nitrogens with zero attached hydrogens (tertiary/aromatic N) is 3. The largest absolute Gasteiger partial charge is 0.326 e. The molecule has 1 saturated heterocycles. The van der Waals surface area contributed by atoms with Gasteiger partial charge in [0.2, 0.25) is 15.9 Å². The number of hydrogen-bond donors (Lipinski definition) is 1. The molecular formula is C18H20N4O3S2. The molecule has 1 fully saturated rings. The summed E-state index contributed by atoms with van der Waals surface area (Å²) in [5, 5.41) is 4.95. The van der Waals surface area contributed by atoms with Gasteiger partial charge in [-0.25, -0.2) is 17.7 Å². The number of rotatable bonds is 4. The molecule has 3 aromatic rings. The number of benzene rings is 1. The highest BCUT2D eigenvalue weighted by Crippen LogP contribution is 2.25. The zero-order valence-corrected chi connectivity index (χ0v) is 16.5. The number of imidazole rings is 1. The molecule has 1 aliphatic heterocycles. The van der Waals surface area contributed by atoms with Gasteiger partial charge in [-0.3, -0.25) is 9.20 Å². The Bertz CT molecular complexity index is 1050. The number of thiazole rings is 1. The summed E-state index contributed by atoms with van der Waals surface area (Å²) in [6.07, 6.45) is 6.21. The lowest BCUT2D eigenvalue weighted by molar-refractivity contribution is -0.120. The SMILES string of the molecule is CS(=O)(=O)N1CCC(C(=O)Nc2cccc(-c3cn4ccsc4n3)c2)CC1. The van der Waals surface area contributed by atoms with Gasteiger partial charge in [-0.1, -0.05) is 12.1 Å². The van der Waals surface area contributed by atoms with Crippen LogP contribution in [0.1, 0.15) is 12.8 Å². The van der Waals surface area contributed by atoms with Crippen LogP contribution in [0.3, 0.4) is 0 Å². The molecule has 0 unspecified atom stereocenters. The van der Waals surface area contributed by atoms with E-state index in [0.29, 0.717) is 25.9 Å². The summed E-state index contributed by atoms with van der Waals surface area (Å²) in [6, 6.07) is 7.62. The number of nitrogens with one attached hydrogen (secondary N) is 1. The molecule has 3 heterocycles. The Morgan fingerprint density at radius 3 is 2.78 bits per heavy atom. The van der Waals surface area contributed by atoms with Gasteiger partial charge < -0.3 is 5.32 Å². The van der Waals surface area contributed by atoms with E-state index < -0.39 is 10.0 Å². The van der Waals surface area contributed by atoms with Crippen molar-refractivity contribution in [3.8, 4) is 11.3 Å². The zero-order chi connectivity index (χ0) is 19.0. The first-order chi connectivity index (χ1) is 12.9. The first-order valence-corrected chi connectivity index (χ1v) is 11.4. The summed E-state index contributed by atoms with van der Waals surface area (Å²) < 4.78 is 26.6. The highest BCUT2D eigenvalue weighted by molar-refractivity contribution is 7.88. The Morgan fingerprint density at radius 1 is 1.30 bits per heavy atom. The van der Waals surface area contributed by atoms with Gasteiger partial charge >= 0.3 is 0 Å². The molecule has 2 aromatic heterocycles. The van der Waals surface area contributed by atoms with Crippen molar-refractivity contribution in [1.29, 1.82) is 0 Å². The van der Waals surface area contributed by atoms with E-state index in [-0.39, 0.29) is 11.8 Å². The predicted molar refractivity (Wildman–Crippen MR) is 106 cm³/mol. The fourth-order valence-electron chi connectivity index (χ4n) is 3.32. The second-order valence-corrected chi connectivity index (χ2v) is 9.58. The standard InChI is InChI=1S/C18H20N4O3S2/c1-27(24,25)22-7-5-13(6-8-22)17(23)19-15-4-2-3-14(11-15)16-12-21-9-10-26-18(21)20-16/h2-4,9-13H,5-8H2,1H3,(H,19,23). The number of amides is 1. The molecule has 1 aromatic carbocycles. The zero-order valence-electron chi connectivity index (χ0n) is 14.8. The van der Waals surface area contributed by atoms with Crippen LogP contribution >= 0.6 is 11.3 Å². The number of carbonyl (C=O) groups is 1. The molecule has 0 aliphatic carbocycles. The number of piperidine rings is 1. The van der Waals surface area contributed by atoms with Crippen molar-refractivity contribution in [2.24, 2.45) is 5.92 Å². The van der Waals surface area contributed by atoms with Gasteiger partial charge in [-0.05, 0) is 25.0 Å². The number of anilines is 1. The molecule has 0 spiro atoms. The summed E-state index contributed by atoms with van der Waals surface area (Å²) in [5.74, 6) is -0.240. The van der Waals surface area contributed by atoms with Gasteiger partial charge in [0.1, 0.15) is 0 Å². The molecule has 0 saturated carbocycles. The van der Waals surface area contributed by atoms with Crippen molar-refractivity contribution < 1.29 is 13.2 Å². The van der Waals surface area contributed by atoms with E-state index in [1.54, 1.807) is 11.3 Å². The average molecular weight is 405 g/mol. The second-order valence-electron chi connectivity index (χ2n) is 6.73. The third-order valence-electron chi connectivity index (χ3n) is 4.81. The number of hydrogen-bond acceptors (Lipinski definition) is 5.